The van der Waals surface area contributed by atoms with Crippen LogP contribution in [0.2, 0.25) is 0 Å². The van der Waals surface area contributed by atoms with E-state index >= 15 is 0 Å². The van der Waals surface area contributed by atoms with E-state index in [0.29, 0.717) is 23.5 Å². The lowest BCUT2D eigenvalue weighted by molar-refractivity contribution is -0.120. The van der Waals surface area contributed by atoms with Crippen LogP contribution in [-0.2, 0) is 9.63 Å². The topological polar surface area (TPSA) is 79.8 Å². The molecule has 0 saturated carbocycles. The maximum atomic E-state index is 12.3. The van der Waals surface area contributed by atoms with Crippen LogP contribution in [0.25, 0.3) is 11.1 Å². The van der Waals surface area contributed by atoms with E-state index in [1.165, 1.54) is 0 Å². The molecule has 6 heteroatoms. The number of fused-ring (bicyclic) bond motifs is 3. The maximum Gasteiger partial charge on any atom is 0.265 e. The van der Waals surface area contributed by atoms with Crippen LogP contribution in [0.15, 0.2) is 78.0 Å². The molecular formula is C24H21N3O3. The summed E-state index contributed by atoms with van der Waals surface area (Å²) in [5.74, 6) is -0.540. The minimum absolute atomic E-state index is 0.185. The van der Waals surface area contributed by atoms with E-state index < -0.39 is 0 Å². The highest BCUT2D eigenvalue weighted by Gasteiger charge is 2.24. The van der Waals surface area contributed by atoms with Gasteiger partial charge in [-0.1, -0.05) is 59.8 Å². The Morgan fingerprint density at radius 2 is 1.50 bits per heavy atom. The fourth-order valence-electron chi connectivity index (χ4n) is 3.45. The SMILES string of the molecule is CCNC(=O)c1cccc(NC(=O)CON=C2c3ccccc3-c3ccccc32)c1. The lowest BCUT2D eigenvalue weighted by Gasteiger charge is -2.07. The normalized spacial score (nSPS) is 11.3. The van der Waals surface area contributed by atoms with Gasteiger partial charge in [0.1, 0.15) is 5.71 Å². The molecule has 1 aliphatic rings. The number of nitrogens with zero attached hydrogens (tertiary/aromatic N) is 1. The summed E-state index contributed by atoms with van der Waals surface area (Å²) in [5, 5.41) is 9.71. The molecule has 3 aromatic carbocycles. The third-order valence-corrected chi connectivity index (χ3v) is 4.75. The fraction of sp³-hybridized carbons (Fsp3) is 0.125. The first-order valence-electron chi connectivity index (χ1n) is 9.74. The highest BCUT2D eigenvalue weighted by molar-refractivity contribution is 6.24. The zero-order chi connectivity index (χ0) is 20.9. The number of anilines is 1. The van der Waals surface area contributed by atoms with Gasteiger partial charge in [0.15, 0.2) is 6.61 Å². The zero-order valence-corrected chi connectivity index (χ0v) is 16.5. The molecular weight excluding hydrogens is 378 g/mol. The van der Waals surface area contributed by atoms with Gasteiger partial charge in [-0.15, -0.1) is 0 Å². The molecule has 0 bridgehead atoms. The van der Waals surface area contributed by atoms with E-state index in [1.54, 1.807) is 24.3 Å². The smallest absolute Gasteiger partial charge is 0.265 e. The summed E-state index contributed by atoms with van der Waals surface area (Å²) in [5.41, 5.74) is 5.88. The molecule has 3 aromatic rings. The standard InChI is InChI=1S/C24H21N3O3/c1-2-25-24(29)16-8-7-9-17(14-16)26-22(28)15-30-27-23-20-12-5-3-10-18(20)19-11-4-6-13-21(19)23/h3-14H,2,15H2,1H3,(H,25,29)(H,26,28). The summed E-state index contributed by atoms with van der Waals surface area (Å²) in [6, 6.07) is 22.7. The molecule has 0 atom stereocenters. The Balaban J connectivity index is 1.44. The minimum atomic E-state index is -0.355. The minimum Gasteiger partial charge on any atom is -0.385 e. The number of carbonyl (C=O) groups excluding carboxylic acids is 2. The molecule has 2 amide bonds. The Labute approximate surface area is 174 Å². The predicted octanol–water partition coefficient (Wildman–Crippen LogP) is 3.82. The third-order valence-electron chi connectivity index (χ3n) is 4.75. The van der Waals surface area contributed by atoms with Gasteiger partial charge >= 0.3 is 0 Å². The van der Waals surface area contributed by atoms with Crippen LogP contribution in [0.5, 0.6) is 0 Å². The van der Waals surface area contributed by atoms with Crippen molar-refractivity contribution >= 4 is 23.2 Å². The van der Waals surface area contributed by atoms with E-state index in [1.807, 2.05) is 55.5 Å². The first-order chi connectivity index (χ1) is 14.7. The molecule has 0 unspecified atom stereocenters. The first kappa shape index (κ1) is 19.4. The summed E-state index contributed by atoms with van der Waals surface area (Å²) in [6.07, 6.45) is 0. The Morgan fingerprint density at radius 3 is 2.13 bits per heavy atom. The van der Waals surface area contributed by atoms with Crippen molar-refractivity contribution < 1.29 is 14.4 Å². The van der Waals surface area contributed by atoms with Gasteiger partial charge in [0.05, 0.1) is 0 Å². The van der Waals surface area contributed by atoms with E-state index in [2.05, 4.69) is 15.8 Å². The number of hydrogen-bond donors (Lipinski definition) is 2. The third kappa shape index (κ3) is 3.93. The van der Waals surface area contributed by atoms with Crippen molar-refractivity contribution in [2.45, 2.75) is 6.92 Å². The van der Waals surface area contributed by atoms with E-state index in [-0.39, 0.29) is 18.4 Å². The van der Waals surface area contributed by atoms with Gasteiger partial charge < -0.3 is 15.5 Å². The van der Waals surface area contributed by atoms with Crippen molar-refractivity contribution in [3.63, 3.8) is 0 Å². The largest absolute Gasteiger partial charge is 0.385 e. The maximum absolute atomic E-state index is 12.3. The number of nitrogens with one attached hydrogen (secondary N) is 2. The van der Waals surface area contributed by atoms with Gasteiger partial charge in [-0.2, -0.15) is 0 Å². The number of rotatable bonds is 6. The summed E-state index contributed by atoms with van der Waals surface area (Å²) >= 11 is 0. The summed E-state index contributed by atoms with van der Waals surface area (Å²) < 4.78 is 0. The highest BCUT2D eigenvalue weighted by atomic mass is 16.6. The van der Waals surface area contributed by atoms with Crippen molar-refractivity contribution in [1.82, 2.24) is 5.32 Å². The molecule has 0 spiro atoms. The molecule has 1 aliphatic carbocycles. The van der Waals surface area contributed by atoms with Gasteiger partial charge in [0.2, 0.25) is 0 Å². The molecule has 0 heterocycles. The number of benzene rings is 3. The van der Waals surface area contributed by atoms with Crippen LogP contribution >= 0.6 is 0 Å². The molecule has 0 aromatic heterocycles. The molecule has 0 fully saturated rings. The molecule has 0 aliphatic heterocycles. The van der Waals surface area contributed by atoms with Crippen LogP contribution in [0.3, 0.4) is 0 Å². The number of carbonyl (C=O) groups is 2. The summed E-state index contributed by atoms with van der Waals surface area (Å²) in [7, 11) is 0. The van der Waals surface area contributed by atoms with Gasteiger partial charge in [-0.25, -0.2) is 0 Å². The monoisotopic (exact) mass is 399 g/mol. The Kier molecular flexibility index (Phi) is 5.57. The van der Waals surface area contributed by atoms with Crippen molar-refractivity contribution in [2.24, 2.45) is 5.16 Å². The predicted molar refractivity (Wildman–Crippen MR) is 117 cm³/mol. The van der Waals surface area contributed by atoms with E-state index in [9.17, 15) is 9.59 Å². The second-order valence-electron chi connectivity index (χ2n) is 6.79. The van der Waals surface area contributed by atoms with Crippen LogP contribution in [-0.4, -0.2) is 30.7 Å². The average molecular weight is 399 g/mol. The molecule has 0 saturated heterocycles. The fourth-order valence-corrected chi connectivity index (χ4v) is 3.45. The van der Waals surface area contributed by atoms with Gasteiger partial charge in [-0.3, -0.25) is 9.59 Å². The first-order valence-corrected chi connectivity index (χ1v) is 9.74. The molecule has 4 rings (SSSR count). The summed E-state index contributed by atoms with van der Waals surface area (Å²) in [4.78, 5) is 29.6. The molecule has 150 valence electrons. The van der Waals surface area contributed by atoms with Gasteiger partial charge in [0.25, 0.3) is 11.8 Å². The second-order valence-corrected chi connectivity index (χ2v) is 6.79. The van der Waals surface area contributed by atoms with Crippen molar-refractivity contribution in [3.8, 4) is 11.1 Å². The van der Waals surface area contributed by atoms with Gasteiger partial charge in [0, 0.05) is 28.9 Å². The van der Waals surface area contributed by atoms with Crippen LogP contribution in [0.1, 0.15) is 28.4 Å². The van der Waals surface area contributed by atoms with E-state index in [0.717, 1.165) is 22.3 Å². The lowest BCUT2D eigenvalue weighted by atomic mass is 10.1. The van der Waals surface area contributed by atoms with Crippen LogP contribution in [0.4, 0.5) is 5.69 Å². The van der Waals surface area contributed by atoms with Crippen molar-refractivity contribution in [3.05, 3.63) is 89.5 Å². The second kappa shape index (κ2) is 8.61. The van der Waals surface area contributed by atoms with Gasteiger partial charge in [-0.05, 0) is 36.2 Å². The summed E-state index contributed by atoms with van der Waals surface area (Å²) in [6.45, 7) is 2.15. The number of amides is 2. The molecule has 2 N–H and O–H groups in total. The zero-order valence-electron chi connectivity index (χ0n) is 16.5. The molecule has 30 heavy (non-hydrogen) atoms. The Morgan fingerprint density at radius 1 is 0.867 bits per heavy atom. The lowest BCUT2D eigenvalue weighted by Crippen LogP contribution is -2.23. The van der Waals surface area contributed by atoms with Crippen LogP contribution < -0.4 is 10.6 Å². The molecule has 0 radical (unpaired) electrons. The Hall–Kier alpha value is -3.93. The number of hydrogen-bond acceptors (Lipinski definition) is 4. The Bertz CT molecular complexity index is 1090. The van der Waals surface area contributed by atoms with E-state index in [4.69, 9.17) is 4.84 Å². The van der Waals surface area contributed by atoms with Crippen LogP contribution in [0, 0.1) is 0 Å². The van der Waals surface area contributed by atoms with Crippen molar-refractivity contribution in [1.29, 1.82) is 0 Å². The quantitative estimate of drug-likeness (QED) is 0.484. The number of oxime groups is 1. The average Bonchev–Trinajstić information content (AvgIpc) is 3.08. The highest BCUT2D eigenvalue weighted by Crippen LogP contribution is 2.36. The van der Waals surface area contributed by atoms with Crippen molar-refractivity contribution in [2.75, 3.05) is 18.5 Å². The molecule has 6 nitrogen and oxygen atoms in total.